The van der Waals surface area contributed by atoms with Gasteiger partial charge < -0.3 is 19.9 Å². The van der Waals surface area contributed by atoms with Gasteiger partial charge in [-0.15, -0.1) is 0 Å². The van der Waals surface area contributed by atoms with Crippen molar-refractivity contribution in [2.45, 2.75) is 38.8 Å². The molecule has 2 N–H and O–H groups in total. The van der Waals surface area contributed by atoms with Gasteiger partial charge in [0.05, 0.1) is 13.2 Å². The summed E-state index contributed by atoms with van der Waals surface area (Å²) in [6, 6.07) is -0.914. The summed E-state index contributed by atoms with van der Waals surface area (Å²) in [4.78, 5) is 22.4. The molecule has 0 radical (unpaired) electrons. The number of rotatable bonds is 4. The Kier molecular flexibility index (Phi) is 5.21. The highest BCUT2D eigenvalue weighted by atomic mass is 16.6. The molecule has 1 rings (SSSR count). The number of hydrogen-bond acceptors (Lipinski definition) is 4. The molecule has 0 aromatic heterocycles. The van der Waals surface area contributed by atoms with Gasteiger partial charge in [0.2, 0.25) is 0 Å². The van der Waals surface area contributed by atoms with E-state index in [1.165, 1.54) is 0 Å². The normalized spacial score (nSPS) is 18.8. The summed E-state index contributed by atoms with van der Waals surface area (Å²) in [5, 5.41) is 11.3. The van der Waals surface area contributed by atoms with E-state index >= 15 is 0 Å². The number of carboxylic acid groups (broad SMARTS) is 1. The van der Waals surface area contributed by atoms with Crippen molar-refractivity contribution in [2.75, 3.05) is 13.2 Å². The molecule has 98 valence electrons. The van der Waals surface area contributed by atoms with Crippen LogP contribution in [0.5, 0.6) is 0 Å². The van der Waals surface area contributed by atoms with Crippen molar-refractivity contribution in [1.29, 1.82) is 0 Å². The van der Waals surface area contributed by atoms with Crippen LogP contribution in [-0.4, -0.2) is 42.5 Å². The Bertz CT molecular complexity index is 273. The second-order valence-electron chi connectivity index (χ2n) is 4.42. The van der Waals surface area contributed by atoms with E-state index in [0.717, 1.165) is 0 Å². The predicted molar refractivity (Wildman–Crippen MR) is 59.7 cm³/mol. The van der Waals surface area contributed by atoms with Crippen LogP contribution in [0.15, 0.2) is 0 Å². The van der Waals surface area contributed by atoms with Gasteiger partial charge in [0, 0.05) is 12.8 Å². The first-order valence-corrected chi connectivity index (χ1v) is 5.78. The zero-order valence-electron chi connectivity index (χ0n) is 10.1. The Morgan fingerprint density at radius 1 is 1.35 bits per heavy atom. The van der Waals surface area contributed by atoms with Crippen molar-refractivity contribution in [2.24, 2.45) is 5.92 Å². The van der Waals surface area contributed by atoms with Gasteiger partial charge in [-0.25, -0.2) is 9.59 Å². The van der Waals surface area contributed by atoms with Gasteiger partial charge in [0.15, 0.2) is 0 Å². The lowest BCUT2D eigenvalue weighted by Crippen LogP contribution is -2.45. The summed E-state index contributed by atoms with van der Waals surface area (Å²) in [5.41, 5.74) is 0. The maximum Gasteiger partial charge on any atom is 0.408 e. The van der Waals surface area contributed by atoms with Gasteiger partial charge in [0.1, 0.15) is 12.1 Å². The third-order valence-electron chi connectivity index (χ3n) is 2.65. The molecule has 1 saturated heterocycles. The van der Waals surface area contributed by atoms with Crippen LogP contribution >= 0.6 is 0 Å². The zero-order valence-corrected chi connectivity index (χ0v) is 10.1. The van der Waals surface area contributed by atoms with Crippen LogP contribution < -0.4 is 5.32 Å². The molecular weight excluding hydrogens is 226 g/mol. The Hall–Kier alpha value is -1.30. The van der Waals surface area contributed by atoms with E-state index in [2.05, 4.69) is 5.32 Å². The highest BCUT2D eigenvalue weighted by Crippen LogP contribution is 2.11. The van der Waals surface area contributed by atoms with E-state index in [0.29, 0.717) is 26.1 Å². The first kappa shape index (κ1) is 13.8. The highest BCUT2D eigenvalue weighted by Gasteiger charge is 2.26. The quantitative estimate of drug-likeness (QED) is 0.771. The van der Waals surface area contributed by atoms with Crippen LogP contribution in [0.2, 0.25) is 0 Å². The average molecular weight is 245 g/mol. The topological polar surface area (TPSA) is 84.9 Å². The number of hydrogen-bond donors (Lipinski definition) is 2. The molecule has 1 aliphatic rings. The van der Waals surface area contributed by atoms with Crippen LogP contribution in [0.1, 0.15) is 26.7 Å². The van der Waals surface area contributed by atoms with E-state index in [4.69, 9.17) is 14.6 Å². The average Bonchev–Trinajstić information content (AvgIpc) is 2.26. The van der Waals surface area contributed by atoms with Crippen LogP contribution in [0.25, 0.3) is 0 Å². The molecular formula is C11H19NO5. The molecule has 1 heterocycles. The minimum atomic E-state index is -1.05. The third kappa shape index (κ3) is 4.60. The largest absolute Gasteiger partial charge is 0.480 e. The standard InChI is InChI=1S/C11H19NO5/c1-7(2)9(10(13)14)12-11(15)17-8-3-5-16-6-4-8/h7-9H,3-6H2,1-2H3,(H,12,15)(H,13,14)/t9-/m0/s1. The molecule has 1 fully saturated rings. The van der Waals surface area contributed by atoms with Crippen molar-refractivity contribution in [3.63, 3.8) is 0 Å². The van der Waals surface area contributed by atoms with Gasteiger partial charge in [-0.3, -0.25) is 0 Å². The van der Waals surface area contributed by atoms with Crippen LogP contribution in [-0.2, 0) is 14.3 Å². The molecule has 0 saturated carbocycles. The number of carbonyl (C=O) groups is 2. The summed E-state index contributed by atoms with van der Waals surface area (Å²) >= 11 is 0. The Balaban J connectivity index is 2.38. The minimum Gasteiger partial charge on any atom is -0.480 e. The molecule has 1 atom stereocenters. The number of carboxylic acids is 1. The van der Waals surface area contributed by atoms with Crippen molar-refractivity contribution >= 4 is 12.1 Å². The molecule has 1 amide bonds. The lowest BCUT2D eigenvalue weighted by atomic mass is 10.1. The third-order valence-corrected chi connectivity index (χ3v) is 2.65. The molecule has 0 aliphatic carbocycles. The fraction of sp³-hybridized carbons (Fsp3) is 0.818. The van der Waals surface area contributed by atoms with E-state index < -0.39 is 18.1 Å². The summed E-state index contributed by atoms with van der Waals surface area (Å²) in [5.74, 6) is -1.24. The van der Waals surface area contributed by atoms with Crippen LogP contribution in [0.4, 0.5) is 4.79 Å². The zero-order chi connectivity index (χ0) is 12.8. The second-order valence-corrected chi connectivity index (χ2v) is 4.42. The molecule has 0 spiro atoms. The Morgan fingerprint density at radius 3 is 2.41 bits per heavy atom. The summed E-state index contributed by atoms with van der Waals surface area (Å²) in [7, 11) is 0. The number of alkyl carbamates (subject to hydrolysis) is 1. The predicted octanol–water partition coefficient (Wildman–Crippen LogP) is 1.00. The SMILES string of the molecule is CC(C)[C@H](NC(=O)OC1CCOCC1)C(=O)O. The van der Waals surface area contributed by atoms with Gasteiger partial charge in [-0.05, 0) is 5.92 Å². The molecule has 6 nitrogen and oxygen atoms in total. The van der Waals surface area contributed by atoms with Gasteiger partial charge in [-0.2, -0.15) is 0 Å². The summed E-state index contributed by atoms with van der Waals surface area (Å²) in [6.45, 7) is 4.61. The van der Waals surface area contributed by atoms with Crippen molar-refractivity contribution in [1.82, 2.24) is 5.32 Å². The van der Waals surface area contributed by atoms with Gasteiger partial charge in [-0.1, -0.05) is 13.8 Å². The minimum absolute atomic E-state index is 0.176. The molecule has 1 aliphatic heterocycles. The molecule has 0 aromatic carbocycles. The number of aliphatic carboxylic acids is 1. The number of carbonyl (C=O) groups excluding carboxylic acids is 1. The van der Waals surface area contributed by atoms with Crippen LogP contribution in [0.3, 0.4) is 0 Å². The van der Waals surface area contributed by atoms with E-state index in [-0.39, 0.29) is 12.0 Å². The second kappa shape index (κ2) is 6.44. The highest BCUT2D eigenvalue weighted by molar-refractivity contribution is 5.80. The lowest BCUT2D eigenvalue weighted by Gasteiger charge is -2.24. The van der Waals surface area contributed by atoms with Crippen molar-refractivity contribution in [3.8, 4) is 0 Å². The first-order valence-electron chi connectivity index (χ1n) is 5.78. The van der Waals surface area contributed by atoms with Gasteiger partial charge >= 0.3 is 12.1 Å². The number of ether oxygens (including phenoxy) is 2. The smallest absolute Gasteiger partial charge is 0.408 e. The molecule has 0 bridgehead atoms. The fourth-order valence-electron chi connectivity index (χ4n) is 1.62. The van der Waals surface area contributed by atoms with Gasteiger partial charge in [0.25, 0.3) is 0 Å². The lowest BCUT2D eigenvalue weighted by molar-refractivity contribution is -0.140. The van der Waals surface area contributed by atoms with Crippen LogP contribution in [0, 0.1) is 5.92 Å². The van der Waals surface area contributed by atoms with E-state index in [1.54, 1.807) is 13.8 Å². The van der Waals surface area contributed by atoms with Crippen molar-refractivity contribution < 1.29 is 24.2 Å². The Morgan fingerprint density at radius 2 is 1.94 bits per heavy atom. The summed E-state index contributed by atoms with van der Waals surface area (Å²) in [6.07, 6.45) is 0.475. The van der Waals surface area contributed by atoms with Crippen molar-refractivity contribution in [3.05, 3.63) is 0 Å². The van der Waals surface area contributed by atoms with E-state index in [9.17, 15) is 9.59 Å². The number of nitrogens with one attached hydrogen (secondary N) is 1. The number of amides is 1. The monoisotopic (exact) mass is 245 g/mol. The van der Waals surface area contributed by atoms with E-state index in [1.807, 2.05) is 0 Å². The maximum absolute atomic E-state index is 11.5. The molecule has 0 unspecified atom stereocenters. The summed E-state index contributed by atoms with van der Waals surface area (Å²) < 4.78 is 10.3. The fourth-order valence-corrected chi connectivity index (χ4v) is 1.62. The maximum atomic E-state index is 11.5. The molecule has 17 heavy (non-hydrogen) atoms. The molecule has 6 heteroatoms. The Labute approximate surface area is 100 Å². The first-order chi connectivity index (χ1) is 8.00. The molecule has 0 aromatic rings.